The summed E-state index contributed by atoms with van der Waals surface area (Å²) in [6, 6.07) is 8.92. The Kier molecular flexibility index (Phi) is 4.62. The van der Waals surface area contributed by atoms with E-state index >= 15 is 0 Å². The molecule has 0 aromatic heterocycles. The molecule has 23 heavy (non-hydrogen) atoms. The standard InChI is InChI=1S/C17H21N3O3/c1-2-23-10-6-9-20-11-13-14(16(20)21)15(19-17(22)18-13)12-7-4-3-5-8-12/h3-5,7-8,15H,2,6,9-11H2,1H3,(H2,18,19,22)/t15-/m1/s1. The fraction of sp³-hybridized carbons (Fsp3) is 0.412. The number of urea groups is 1. The number of nitrogens with zero attached hydrogens (tertiary/aromatic N) is 1. The molecule has 2 heterocycles. The van der Waals surface area contributed by atoms with E-state index in [9.17, 15) is 9.59 Å². The Labute approximate surface area is 135 Å². The van der Waals surface area contributed by atoms with Crippen molar-refractivity contribution in [2.24, 2.45) is 0 Å². The number of hydrogen-bond donors (Lipinski definition) is 2. The molecule has 0 spiro atoms. The maximum Gasteiger partial charge on any atom is 0.319 e. The maximum atomic E-state index is 12.7. The van der Waals surface area contributed by atoms with Crippen molar-refractivity contribution in [2.75, 3.05) is 26.3 Å². The molecular weight excluding hydrogens is 294 g/mol. The lowest BCUT2D eigenvalue weighted by Gasteiger charge is -2.25. The van der Waals surface area contributed by atoms with Crippen LogP contribution in [-0.4, -0.2) is 43.1 Å². The van der Waals surface area contributed by atoms with Gasteiger partial charge in [-0.25, -0.2) is 4.79 Å². The average molecular weight is 315 g/mol. The molecule has 3 rings (SSSR count). The van der Waals surface area contributed by atoms with Gasteiger partial charge in [0.2, 0.25) is 0 Å². The van der Waals surface area contributed by atoms with Gasteiger partial charge in [0.15, 0.2) is 0 Å². The van der Waals surface area contributed by atoms with Gasteiger partial charge in [-0.15, -0.1) is 0 Å². The molecule has 2 N–H and O–H groups in total. The monoisotopic (exact) mass is 315 g/mol. The highest BCUT2D eigenvalue weighted by Crippen LogP contribution is 2.32. The Morgan fingerprint density at radius 1 is 1.26 bits per heavy atom. The van der Waals surface area contributed by atoms with Gasteiger partial charge in [0.1, 0.15) is 0 Å². The number of ether oxygens (including phenoxy) is 1. The number of carbonyl (C=O) groups excluding carboxylic acids is 2. The summed E-state index contributed by atoms with van der Waals surface area (Å²) in [4.78, 5) is 26.4. The predicted octanol–water partition coefficient (Wildman–Crippen LogP) is 1.56. The van der Waals surface area contributed by atoms with Gasteiger partial charge in [0.25, 0.3) is 5.91 Å². The quantitative estimate of drug-likeness (QED) is 0.783. The van der Waals surface area contributed by atoms with Crippen molar-refractivity contribution in [2.45, 2.75) is 19.4 Å². The molecular formula is C17H21N3O3. The van der Waals surface area contributed by atoms with E-state index in [-0.39, 0.29) is 18.0 Å². The van der Waals surface area contributed by atoms with Crippen LogP contribution >= 0.6 is 0 Å². The minimum atomic E-state index is -0.385. The number of rotatable bonds is 6. The van der Waals surface area contributed by atoms with Gasteiger partial charge < -0.3 is 20.3 Å². The average Bonchev–Trinajstić information content (AvgIpc) is 2.87. The second-order valence-corrected chi connectivity index (χ2v) is 5.61. The van der Waals surface area contributed by atoms with Crippen LogP contribution in [0.2, 0.25) is 0 Å². The largest absolute Gasteiger partial charge is 0.382 e. The van der Waals surface area contributed by atoms with Crippen LogP contribution in [0, 0.1) is 0 Å². The SMILES string of the molecule is CCOCCCN1CC2=C(C1=O)[C@@H](c1ccccc1)NC(=O)N2. The maximum absolute atomic E-state index is 12.7. The first-order chi connectivity index (χ1) is 11.2. The van der Waals surface area contributed by atoms with Gasteiger partial charge in [-0.05, 0) is 18.9 Å². The van der Waals surface area contributed by atoms with E-state index in [4.69, 9.17) is 4.74 Å². The van der Waals surface area contributed by atoms with Crippen molar-refractivity contribution in [3.8, 4) is 0 Å². The van der Waals surface area contributed by atoms with E-state index in [1.54, 1.807) is 4.90 Å². The van der Waals surface area contributed by atoms with Crippen LogP contribution in [0.25, 0.3) is 0 Å². The van der Waals surface area contributed by atoms with E-state index < -0.39 is 0 Å². The predicted molar refractivity (Wildman–Crippen MR) is 85.6 cm³/mol. The molecule has 0 fully saturated rings. The van der Waals surface area contributed by atoms with E-state index in [1.807, 2.05) is 37.3 Å². The first-order valence-electron chi connectivity index (χ1n) is 7.93. The molecule has 0 radical (unpaired) electrons. The lowest BCUT2D eigenvalue weighted by Crippen LogP contribution is -2.44. The van der Waals surface area contributed by atoms with Crippen molar-refractivity contribution in [1.82, 2.24) is 15.5 Å². The summed E-state index contributed by atoms with van der Waals surface area (Å²) in [5, 5.41) is 5.63. The van der Waals surface area contributed by atoms with Crippen molar-refractivity contribution in [3.05, 3.63) is 47.2 Å². The van der Waals surface area contributed by atoms with Crippen LogP contribution in [0.1, 0.15) is 24.9 Å². The minimum absolute atomic E-state index is 0.0159. The van der Waals surface area contributed by atoms with Gasteiger partial charge >= 0.3 is 6.03 Å². The number of amides is 3. The van der Waals surface area contributed by atoms with Crippen LogP contribution in [0.3, 0.4) is 0 Å². The van der Waals surface area contributed by atoms with Crippen LogP contribution in [-0.2, 0) is 9.53 Å². The highest BCUT2D eigenvalue weighted by Gasteiger charge is 2.39. The highest BCUT2D eigenvalue weighted by molar-refractivity contribution is 6.01. The normalized spacial score (nSPS) is 20.4. The Bertz CT molecular complexity index is 627. The Morgan fingerprint density at radius 2 is 2.04 bits per heavy atom. The Morgan fingerprint density at radius 3 is 2.78 bits per heavy atom. The first kappa shape index (κ1) is 15.6. The third-order valence-corrected chi connectivity index (χ3v) is 4.07. The number of nitrogens with one attached hydrogen (secondary N) is 2. The van der Waals surface area contributed by atoms with E-state index in [0.29, 0.717) is 37.6 Å². The molecule has 0 saturated carbocycles. The Balaban J connectivity index is 1.76. The van der Waals surface area contributed by atoms with E-state index in [2.05, 4.69) is 10.6 Å². The zero-order chi connectivity index (χ0) is 16.2. The van der Waals surface area contributed by atoms with Crippen LogP contribution in [0.15, 0.2) is 41.6 Å². The van der Waals surface area contributed by atoms with E-state index in [1.165, 1.54) is 0 Å². The topological polar surface area (TPSA) is 70.7 Å². The van der Waals surface area contributed by atoms with Gasteiger partial charge in [0, 0.05) is 19.8 Å². The molecule has 3 amide bonds. The Hall–Kier alpha value is -2.34. The summed E-state index contributed by atoms with van der Waals surface area (Å²) < 4.78 is 5.32. The van der Waals surface area contributed by atoms with Gasteiger partial charge in [-0.2, -0.15) is 0 Å². The second kappa shape index (κ2) is 6.83. The fourth-order valence-corrected chi connectivity index (χ4v) is 3.01. The number of benzene rings is 1. The minimum Gasteiger partial charge on any atom is -0.382 e. The zero-order valence-corrected chi connectivity index (χ0v) is 13.2. The first-order valence-corrected chi connectivity index (χ1v) is 7.93. The molecule has 1 atom stereocenters. The molecule has 6 heteroatoms. The lowest BCUT2D eigenvalue weighted by atomic mass is 9.96. The summed E-state index contributed by atoms with van der Waals surface area (Å²) in [6.45, 7) is 4.35. The summed E-state index contributed by atoms with van der Waals surface area (Å²) in [6.07, 6.45) is 0.789. The number of hydrogen-bond acceptors (Lipinski definition) is 3. The molecule has 1 aromatic carbocycles. The van der Waals surface area contributed by atoms with Gasteiger partial charge in [-0.1, -0.05) is 30.3 Å². The van der Waals surface area contributed by atoms with Crippen LogP contribution in [0.4, 0.5) is 4.79 Å². The molecule has 122 valence electrons. The van der Waals surface area contributed by atoms with Crippen molar-refractivity contribution in [3.63, 3.8) is 0 Å². The van der Waals surface area contributed by atoms with Crippen molar-refractivity contribution < 1.29 is 14.3 Å². The lowest BCUT2D eigenvalue weighted by molar-refractivity contribution is -0.126. The molecule has 6 nitrogen and oxygen atoms in total. The third-order valence-electron chi connectivity index (χ3n) is 4.07. The van der Waals surface area contributed by atoms with Crippen LogP contribution in [0.5, 0.6) is 0 Å². The molecule has 0 unspecified atom stereocenters. The molecule has 0 aliphatic carbocycles. The van der Waals surface area contributed by atoms with E-state index in [0.717, 1.165) is 12.0 Å². The van der Waals surface area contributed by atoms with Gasteiger partial charge in [0.05, 0.1) is 23.9 Å². The smallest absolute Gasteiger partial charge is 0.319 e. The zero-order valence-electron chi connectivity index (χ0n) is 13.2. The summed E-state index contributed by atoms with van der Waals surface area (Å²) in [7, 11) is 0. The molecule has 0 bridgehead atoms. The summed E-state index contributed by atoms with van der Waals surface area (Å²) >= 11 is 0. The summed E-state index contributed by atoms with van der Waals surface area (Å²) in [5.41, 5.74) is 2.27. The van der Waals surface area contributed by atoms with Gasteiger partial charge in [-0.3, -0.25) is 4.79 Å². The second-order valence-electron chi connectivity index (χ2n) is 5.61. The third kappa shape index (κ3) is 3.22. The molecule has 1 aromatic rings. The molecule has 2 aliphatic rings. The number of carbonyl (C=O) groups is 2. The molecule has 0 saturated heterocycles. The van der Waals surface area contributed by atoms with Crippen molar-refractivity contribution in [1.29, 1.82) is 0 Å². The highest BCUT2D eigenvalue weighted by atomic mass is 16.5. The molecule has 2 aliphatic heterocycles. The summed E-state index contributed by atoms with van der Waals surface area (Å²) in [5.74, 6) is -0.0159. The van der Waals surface area contributed by atoms with Crippen LogP contribution < -0.4 is 10.6 Å². The fourth-order valence-electron chi connectivity index (χ4n) is 3.01. The van der Waals surface area contributed by atoms with Crippen molar-refractivity contribution >= 4 is 11.9 Å².